The van der Waals surface area contributed by atoms with E-state index in [9.17, 15) is 4.79 Å². The van der Waals surface area contributed by atoms with Crippen molar-refractivity contribution >= 4 is 5.91 Å². The van der Waals surface area contributed by atoms with Crippen molar-refractivity contribution in [3.05, 3.63) is 0 Å². The summed E-state index contributed by atoms with van der Waals surface area (Å²) in [7, 11) is 0. The number of carbonyl (C=O) groups is 1. The third kappa shape index (κ3) is 1.72. The van der Waals surface area contributed by atoms with Crippen molar-refractivity contribution < 1.29 is 4.79 Å². The van der Waals surface area contributed by atoms with Crippen LogP contribution in [0.15, 0.2) is 0 Å². The van der Waals surface area contributed by atoms with Gasteiger partial charge in [-0.1, -0.05) is 13.8 Å². The summed E-state index contributed by atoms with van der Waals surface area (Å²) in [5.41, 5.74) is 0.333. The Balaban J connectivity index is 2.56. The molecular formula is C11H21NO. The average Bonchev–Trinajstić information content (AvgIpc) is 2.05. The minimum atomic E-state index is 0.275. The fourth-order valence-electron chi connectivity index (χ4n) is 2.50. The van der Waals surface area contributed by atoms with Crippen LogP contribution in [-0.4, -0.2) is 12.5 Å². The maximum Gasteiger partial charge on any atom is 0.223 e. The van der Waals surface area contributed by atoms with E-state index in [1.54, 1.807) is 0 Å². The fourth-order valence-corrected chi connectivity index (χ4v) is 2.50. The Morgan fingerprint density at radius 2 is 2.00 bits per heavy atom. The van der Waals surface area contributed by atoms with Crippen LogP contribution in [0.5, 0.6) is 0 Å². The van der Waals surface area contributed by atoms with Gasteiger partial charge in [0.05, 0.1) is 0 Å². The van der Waals surface area contributed by atoms with E-state index in [1.807, 2.05) is 6.92 Å². The average molecular weight is 183 g/mol. The second-order valence-corrected chi connectivity index (χ2v) is 4.06. The van der Waals surface area contributed by atoms with Crippen LogP contribution in [-0.2, 0) is 4.79 Å². The molecule has 1 saturated carbocycles. The van der Waals surface area contributed by atoms with Gasteiger partial charge in [-0.25, -0.2) is 0 Å². The second kappa shape index (κ2) is 4.12. The highest BCUT2D eigenvalue weighted by atomic mass is 16.1. The van der Waals surface area contributed by atoms with Crippen LogP contribution in [0.3, 0.4) is 0 Å². The summed E-state index contributed by atoms with van der Waals surface area (Å²) < 4.78 is 0. The van der Waals surface area contributed by atoms with Gasteiger partial charge in [-0.15, -0.1) is 0 Å². The standard InChI is InChI=1S/C11H21NO/c1-4-11(5-2)8-7-9(11)10(13)12-6-3/h9H,4-8H2,1-3H3,(H,12,13). The molecular weight excluding hydrogens is 162 g/mol. The highest BCUT2D eigenvalue weighted by molar-refractivity contribution is 5.80. The van der Waals surface area contributed by atoms with E-state index in [4.69, 9.17) is 0 Å². The predicted molar refractivity (Wildman–Crippen MR) is 54.4 cm³/mol. The number of rotatable bonds is 4. The topological polar surface area (TPSA) is 29.1 Å². The van der Waals surface area contributed by atoms with E-state index in [0.717, 1.165) is 25.8 Å². The molecule has 13 heavy (non-hydrogen) atoms. The van der Waals surface area contributed by atoms with Gasteiger partial charge in [0.2, 0.25) is 5.91 Å². The molecule has 1 amide bonds. The minimum absolute atomic E-state index is 0.275. The molecule has 0 saturated heterocycles. The fraction of sp³-hybridized carbons (Fsp3) is 0.909. The first-order valence-corrected chi connectivity index (χ1v) is 5.48. The number of amides is 1. The Morgan fingerprint density at radius 3 is 2.31 bits per heavy atom. The van der Waals surface area contributed by atoms with Gasteiger partial charge in [0.15, 0.2) is 0 Å². The lowest BCUT2D eigenvalue weighted by atomic mass is 9.57. The van der Waals surface area contributed by atoms with E-state index < -0.39 is 0 Å². The molecule has 0 bridgehead atoms. The molecule has 0 heterocycles. The lowest BCUT2D eigenvalue weighted by Gasteiger charge is -2.48. The van der Waals surface area contributed by atoms with Crippen LogP contribution in [0.2, 0.25) is 0 Å². The smallest absolute Gasteiger partial charge is 0.223 e. The molecule has 2 heteroatoms. The monoisotopic (exact) mass is 183 g/mol. The van der Waals surface area contributed by atoms with Gasteiger partial charge in [-0.3, -0.25) is 4.79 Å². The van der Waals surface area contributed by atoms with Crippen molar-refractivity contribution in [1.82, 2.24) is 5.32 Å². The first-order chi connectivity index (χ1) is 6.20. The second-order valence-electron chi connectivity index (χ2n) is 4.06. The van der Waals surface area contributed by atoms with Crippen LogP contribution in [0, 0.1) is 11.3 Å². The molecule has 1 fully saturated rings. The summed E-state index contributed by atoms with van der Waals surface area (Å²) in [5.74, 6) is 0.569. The van der Waals surface area contributed by atoms with Gasteiger partial charge in [0, 0.05) is 12.5 Å². The Morgan fingerprint density at radius 1 is 1.38 bits per heavy atom. The van der Waals surface area contributed by atoms with Crippen molar-refractivity contribution in [3.8, 4) is 0 Å². The van der Waals surface area contributed by atoms with Crippen LogP contribution < -0.4 is 5.32 Å². The Kier molecular flexibility index (Phi) is 3.34. The molecule has 0 aliphatic heterocycles. The predicted octanol–water partition coefficient (Wildman–Crippen LogP) is 2.34. The van der Waals surface area contributed by atoms with E-state index in [0.29, 0.717) is 11.3 Å². The summed E-state index contributed by atoms with van der Waals surface area (Å²) in [6.45, 7) is 7.15. The van der Waals surface area contributed by atoms with Crippen LogP contribution in [0.25, 0.3) is 0 Å². The van der Waals surface area contributed by atoms with Gasteiger partial charge >= 0.3 is 0 Å². The van der Waals surface area contributed by atoms with Crippen LogP contribution in [0.4, 0.5) is 0 Å². The van der Waals surface area contributed by atoms with Crippen molar-refractivity contribution in [2.45, 2.75) is 46.5 Å². The molecule has 1 aliphatic carbocycles. The van der Waals surface area contributed by atoms with Crippen LogP contribution in [0.1, 0.15) is 46.5 Å². The van der Waals surface area contributed by atoms with E-state index in [1.165, 1.54) is 6.42 Å². The van der Waals surface area contributed by atoms with Crippen molar-refractivity contribution in [2.24, 2.45) is 11.3 Å². The summed E-state index contributed by atoms with van der Waals surface area (Å²) in [4.78, 5) is 11.6. The molecule has 1 atom stereocenters. The van der Waals surface area contributed by atoms with Gasteiger partial charge in [0.1, 0.15) is 0 Å². The van der Waals surface area contributed by atoms with Gasteiger partial charge in [-0.2, -0.15) is 0 Å². The SMILES string of the molecule is CCNC(=O)C1CCC1(CC)CC. The number of carbonyl (C=O) groups excluding carboxylic acids is 1. The molecule has 0 spiro atoms. The van der Waals surface area contributed by atoms with E-state index >= 15 is 0 Å². The van der Waals surface area contributed by atoms with Gasteiger partial charge < -0.3 is 5.32 Å². The molecule has 0 aromatic carbocycles. The van der Waals surface area contributed by atoms with Crippen molar-refractivity contribution in [1.29, 1.82) is 0 Å². The first-order valence-electron chi connectivity index (χ1n) is 5.48. The molecule has 0 radical (unpaired) electrons. The zero-order valence-electron chi connectivity index (χ0n) is 9.02. The molecule has 0 aromatic rings. The molecule has 1 rings (SSSR count). The summed E-state index contributed by atoms with van der Waals surface area (Å²) in [6.07, 6.45) is 4.62. The minimum Gasteiger partial charge on any atom is -0.356 e. The van der Waals surface area contributed by atoms with E-state index in [-0.39, 0.29) is 5.91 Å². The third-order valence-corrected chi connectivity index (χ3v) is 3.75. The Labute approximate surface area is 81.1 Å². The zero-order chi connectivity index (χ0) is 9.90. The lowest BCUT2D eigenvalue weighted by Crippen LogP contribution is -2.48. The van der Waals surface area contributed by atoms with E-state index in [2.05, 4.69) is 19.2 Å². The first kappa shape index (κ1) is 10.6. The highest BCUT2D eigenvalue weighted by Crippen LogP contribution is 2.51. The quantitative estimate of drug-likeness (QED) is 0.712. The zero-order valence-corrected chi connectivity index (χ0v) is 9.02. The van der Waals surface area contributed by atoms with Gasteiger partial charge in [0.25, 0.3) is 0 Å². The Hall–Kier alpha value is -0.530. The maximum absolute atomic E-state index is 11.6. The summed E-state index contributed by atoms with van der Waals surface area (Å²) in [6, 6.07) is 0. The molecule has 1 N–H and O–H groups in total. The third-order valence-electron chi connectivity index (χ3n) is 3.75. The normalized spacial score (nSPS) is 25.0. The largest absolute Gasteiger partial charge is 0.356 e. The molecule has 1 unspecified atom stereocenters. The molecule has 76 valence electrons. The molecule has 1 aliphatic rings. The van der Waals surface area contributed by atoms with Crippen molar-refractivity contribution in [2.75, 3.05) is 6.54 Å². The lowest BCUT2D eigenvalue weighted by molar-refractivity contribution is -0.136. The number of hydrogen-bond donors (Lipinski definition) is 1. The van der Waals surface area contributed by atoms with Crippen LogP contribution >= 0.6 is 0 Å². The summed E-state index contributed by atoms with van der Waals surface area (Å²) >= 11 is 0. The molecule has 2 nitrogen and oxygen atoms in total. The number of nitrogens with one attached hydrogen (secondary N) is 1. The summed E-state index contributed by atoms with van der Waals surface area (Å²) in [5, 5.41) is 2.93. The van der Waals surface area contributed by atoms with Crippen molar-refractivity contribution in [3.63, 3.8) is 0 Å². The Bertz CT molecular complexity index is 179. The maximum atomic E-state index is 11.6. The molecule has 0 aromatic heterocycles. The highest BCUT2D eigenvalue weighted by Gasteiger charge is 2.47. The van der Waals surface area contributed by atoms with Gasteiger partial charge in [-0.05, 0) is 38.0 Å². The number of hydrogen-bond acceptors (Lipinski definition) is 1.